The van der Waals surface area contributed by atoms with Crippen molar-refractivity contribution in [3.63, 3.8) is 0 Å². The third-order valence-electron chi connectivity index (χ3n) is 9.67. The number of benzene rings is 2. The molecule has 0 spiro atoms. The minimum absolute atomic E-state index is 0.000550. The highest BCUT2D eigenvalue weighted by Crippen LogP contribution is 2.42. The van der Waals surface area contributed by atoms with Crippen molar-refractivity contribution in [3.05, 3.63) is 65.6 Å². The minimum atomic E-state index is -0.916. The Morgan fingerprint density at radius 2 is 2.00 bits per heavy atom. The summed E-state index contributed by atoms with van der Waals surface area (Å²) in [4.78, 5) is 18.0. The molecule has 2 fully saturated rings. The number of hydrogen-bond acceptors (Lipinski definition) is 8. The SMILES string of the molecule is CCc1c(F)ccc2cc(O)cc(-c3ncc4c(N5CCn6nccc6C5)nc(OC[C@@]56CCCN5C[C@H](F)C6)nc4c3F)c12. The Labute approximate surface area is 257 Å². The summed E-state index contributed by atoms with van der Waals surface area (Å²) in [7, 11) is 0. The van der Waals surface area contributed by atoms with Gasteiger partial charge in [0.25, 0.3) is 0 Å². The van der Waals surface area contributed by atoms with Crippen molar-refractivity contribution in [2.24, 2.45) is 0 Å². The van der Waals surface area contributed by atoms with Crippen molar-refractivity contribution in [2.75, 3.05) is 31.1 Å². The number of nitrogens with zero attached hydrogens (tertiary/aromatic N) is 7. The van der Waals surface area contributed by atoms with E-state index in [2.05, 4.69) is 20.0 Å². The molecule has 45 heavy (non-hydrogen) atoms. The fraction of sp³-hybridized carbons (Fsp3) is 0.394. The van der Waals surface area contributed by atoms with Gasteiger partial charge in [0.1, 0.15) is 41.4 Å². The molecule has 1 N–H and O–H groups in total. The molecule has 3 aliphatic rings. The quantitative estimate of drug-likeness (QED) is 0.266. The van der Waals surface area contributed by atoms with Crippen LogP contribution in [0, 0.1) is 11.6 Å². The number of aryl methyl sites for hydroxylation is 1. The van der Waals surface area contributed by atoms with Gasteiger partial charge in [-0.25, -0.2) is 13.2 Å². The predicted molar refractivity (Wildman–Crippen MR) is 163 cm³/mol. The number of anilines is 1. The van der Waals surface area contributed by atoms with E-state index in [1.807, 2.05) is 22.6 Å². The van der Waals surface area contributed by atoms with Crippen LogP contribution in [0.4, 0.5) is 19.0 Å². The Kier molecular flexibility index (Phi) is 6.59. The molecule has 0 saturated carbocycles. The van der Waals surface area contributed by atoms with Gasteiger partial charge in [-0.3, -0.25) is 14.6 Å². The maximum absolute atomic E-state index is 16.8. The van der Waals surface area contributed by atoms with Gasteiger partial charge >= 0.3 is 6.01 Å². The summed E-state index contributed by atoms with van der Waals surface area (Å²) < 4.78 is 54.4. The highest BCUT2D eigenvalue weighted by molar-refractivity contribution is 6.01. The van der Waals surface area contributed by atoms with Crippen LogP contribution in [0.5, 0.6) is 11.8 Å². The normalized spacial score (nSPS) is 21.5. The molecule has 0 aliphatic carbocycles. The topological polar surface area (TPSA) is 92.4 Å². The van der Waals surface area contributed by atoms with Crippen LogP contribution in [0.2, 0.25) is 0 Å². The maximum Gasteiger partial charge on any atom is 0.319 e. The molecule has 0 bridgehead atoms. The van der Waals surface area contributed by atoms with Crippen LogP contribution in [-0.2, 0) is 19.5 Å². The molecular formula is C33H32F3N7O2. The second kappa shape index (κ2) is 10.6. The Balaban J connectivity index is 1.28. The van der Waals surface area contributed by atoms with Gasteiger partial charge in [-0.15, -0.1) is 0 Å². The summed E-state index contributed by atoms with van der Waals surface area (Å²) in [5.74, 6) is -0.762. The van der Waals surface area contributed by atoms with Crippen LogP contribution >= 0.6 is 0 Å². The molecule has 3 aromatic heterocycles. The van der Waals surface area contributed by atoms with E-state index in [0.717, 1.165) is 25.1 Å². The van der Waals surface area contributed by atoms with Crippen molar-refractivity contribution in [3.8, 4) is 23.0 Å². The third-order valence-corrected chi connectivity index (χ3v) is 9.67. The monoisotopic (exact) mass is 615 g/mol. The number of pyridine rings is 1. The van der Waals surface area contributed by atoms with Crippen LogP contribution in [0.1, 0.15) is 37.4 Å². The Hall–Kier alpha value is -4.45. The summed E-state index contributed by atoms with van der Waals surface area (Å²) >= 11 is 0. The molecule has 2 aromatic carbocycles. The molecule has 9 nitrogen and oxygen atoms in total. The molecule has 8 rings (SSSR count). The molecule has 232 valence electrons. The van der Waals surface area contributed by atoms with E-state index in [1.165, 1.54) is 24.4 Å². The van der Waals surface area contributed by atoms with Crippen molar-refractivity contribution >= 4 is 27.5 Å². The van der Waals surface area contributed by atoms with Crippen LogP contribution in [0.3, 0.4) is 0 Å². The summed E-state index contributed by atoms with van der Waals surface area (Å²) in [6.07, 6.45) is 4.88. The second-order valence-electron chi connectivity index (χ2n) is 12.3. The lowest BCUT2D eigenvalue weighted by molar-refractivity contribution is 0.107. The number of aromatic nitrogens is 5. The highest BCUT2D eigenvalue weighted by Gasteiger charge is 2.49. The van der Waals surface area contributed by atoms with Gasteiger partial charge in [0.05, 0.1) is 29.7 Å². The number of hydrogen-bond donors (Lipinski definition) is 1. The molecule has 0 unspecified atom stereocenters. The average Bonchev–Trinajstić information content (AvgIpc) is 3.73. The maximum atomic E-state index is 16.8. The van der Waals surface area contributed by atoms with E-state index in [-0.39, 0.29) is 35.1 Å². The second-order valence-corrected chi connectivity index (χ2v) is 12.3. The molecule has 2 saturated heterocycles. The lowest BCUT2D eigenvalue weighted by Gasteiger charge is -2.31. The summed E-state index contributed by atoms with van der Waals surface area (Å²) in [5, 5.41) is 16.4. The van der Waals surface area contributed by atoms with Crippen molar-refractivity contribution in [1.29, 1.82) is 0 Å². The zero-order valence-corrected chi connectivity index (χ0v) is 24.8. The predicted octanol–water partition coefficient (Wildman–Crippen LogP) is 5.56. The number of halogens is 3. The number of ether oxygens (including phenoxy) is 1. The smallest absolute Gasteiger partial charge is 0.319 e. The highest BCUT2D eigenvalue weighted by atomic mass is 19.1. The summed E-state index contributed by atoms with van der Waals surface area (Å²) in [5.41, 5.74) is 1.17. The molecule has 0 amide bonds. The Bertz CT molecular complexity index is 1970. The first kappa shape index (κ1) is 28.1. The number of phenolic OH excluding ortho intramolecular Hbond substituents is 1. The van der Waals surface area contributed by atoms with E-state index in [0.29, 0.717) is 66.6 Å². The van der Waals surface area contributed by atoms with Gasteiger partial charge in [-0.2, -0.15) is 15.1 Å². The minimum Gasteiger partial charge on any atom is -0.508 e. The zero-order chi connectivity index (χ0) is 30.9. The fourth-order valence-electron chi connectivity index (χ4n) is 7.56. The van der Waals surface area contributed by atoms with Gasteiger partial charge in [0, 0.05) is 37.5 Å². The molecule has 5 aromatic rings. The summed E-state index contributed by atoms with van der Waals surface area (Å²) in [6.45, 7) is 4.91. The van der Waals surface area contributed by atoms with Crippen LogP contribution in [0.25, 0.3) is 32.9 Å². The number of phenols is 1. The summed E-state index contributed by atoms with van der Waals surface area (Å²) in [6, 6.07) is 7.78. The lowest BCUT2D eigenvalue weighted by Crippen LogP contribution is -2.43. The van der Waals surface area contributed by atoms with Gasteiger partial charge in [0.2, 0.25) is 0 Å². The molecule has 6 heterocycles. The molecule has 12 heteroatoms. The van der Waals surface area contributed by atoms with Crippen molar-refractivity contribution in [1.82, 2.24) is 29.6 Å². The number of rotatable bonds is 6. The van der Waals surface area contributed by atoms with Gasteiger partial charge in [-0.05, 0) is 66.4 Å². The number of aromatic hydroxyl groups is 1. The molecule has 3 aliphatic heterocycles. The number of alkyl halides is 1. The first-order valence-electron chi connectivity index (χ1n) is 15.4. The van der Waals surface area contributed by atoms with Gasteiger partial charge in [0.15, 0.2) is 5.82 Å². The molecule has 2 atom stereocenters. The first-order chi connectivity index (χ1) is 21.8. The third kappa shape index (κ3) is 4.56. The van der Waals surface area contributed by atoms with Gasteiger partial charge < -0.3 is 14.7 Å². The molecular weight excluding hydrogens is 583 g/mol. The van der Waals surface area contributed by atoms with Crippen LogP contribution in [-0.4, -0.2) is 72.7 Å². The van der Waals surface area contributed by atoms with E-state index >= 15 is 4.39 Å². The first-order valence-corrected chi connectivity index (χ1v) is 15.4. The largest absolute Gasteiger partial charge is 0.508 e. The average molecular weight is 616 g/mol. The lowest BCUT2D eigenvalue weighted by atomic mass is 9.94. The van der Waals surface area contributed by atoms with Crippen LogP contribution < -0.4 is 9.64 Å². The van der Waals surface area contributed by atoms with E-state index in [1.54, 1.807) is 12.3 Å². The molecule has 0 radical (unpaired) electrons. The van der Waals surface area contributed by atoms with E-state index in [4.69, 9.17) is 9.72 Å². The van der Waals surface area contributed by atoms with E-state index < -0.39 is 23.3 Å². The Morgan fingerprint density at radius 3 is 2.87 bits per heavy atom. The fourth-order valence-corrected chi connectivity index (χ4v) is 7.56. The standard InChI is InChI=1S/C33H32F3N7O2/c1-2-23-26(35)5-4-19-12-22(44)13-24(27(19)23)29-28(36)30-25(15-37-29)31(41-10-11-43-21(17-41)6-8-38-43)40-32(39-30)45-18-33-7-3-9-42(33)16-20(34)14-33/h4-6,8,12-13,15,20,44H,2-3,7,9-11,14,16-18H2,1H3/t20-,33+/m1/s1. The van der Waals surface area contributed by atoms with E-state index in [9.17, 15) is 13.9 Å². The van der Waals surface area contributed by atoms with Crippen LogP contribution in [0.15, 0.2) is 42.7 Å². The number of fused-ring (bicyclic) bond motifs is 4. The zero-order valence-electron chi connectivity index (χ0n) is 24.8. The van der Waals surface area contributed by atoms with Crippen molar-refractivity contribution < 1.29 is 23.0 Å². The Morgan fingerprint density at radius 1 is 1.11 bits per heavy atom. The van der Waals surface area contributed by atoms with Crippen molar-refractivity contribution in [2.45, 2.75) is 57.4 Å². The van der Waals surface area contributed by atoms with Gasteiger partial charge in [-0.1, -0.05) is 13.0 Å².